The van der Waals surface area contributed by atoms with Gasteiger partial charge in [-0.25, -0.2) is 4.98 Å². The van der Waals surface area contributed by atoms with Crippen molar-refractivity contribution in [2.75, 3.05) is 7.11 Å². The molecular weight excluding hydrogens is 334 g/mol. The summed E-state index contributed by atoms with van der Waals surface area (Å²) in [5.41, 5.74) is 11.4. The fraction of sp³-hybridized carbons (Fsp3) is 0.261. The number of hydrogen-bond donors (Lipinski definition) is 2. The maximum Gasteiger partial charge on any atom is 0.138 e. The van der Waals surface area contributed by atoms with Gasteiger partial charge in [0.05, 0.1) is 7.11 Å². The molecule has 0 fully saturated rings. The third-order valence-electron chi connectivity index (χ3n) is 5.03. The Kier molecular flexibility index (Phi) is 4.82. The second-order valence-electron chi connectivity index (χ2n) is 7.18. The summed E-state index contributed by atoms with van der Waals surface area (Å²) in [5, 5.41) is 2.37. The summed E-state index contributed by atoms with van der Waals surface area (Å²) in [6.07, 6.45) is 3.06. The van der Waals surface area contributed by atoms with Gasteiger partial charge in [-0.05, 0) is 73.7 Å². The van der Waals surface area contributed by atoms with Crippen LogP contribution in [0, 0.1) is 0 Å². The van der Waals surface area contributed by atoms with Crippen LogP contribution >= 0.6 is 0 Å². The average Bonchev–Trinajstić information content (AvgIpc) is 3.04. The second-order valence-corrected chi connectivity index (χ2v) is 7.18. The first-order valence-corrected chi connectivity index (χ1v) is 9.45. The summed E-state index contributed by atoms with van der Waals surface area (Å²) >= 11 is 0. The molecule has 0 bridgehead atoms. The van der Waals surface area contributed by atoms with Crippen molar-refractivity contribution in [1.29, 1.82) is 0 Å². The highest BCUT2D eigenvalue weighted by Crippen LogP contribution is 2.30. The number of nitrogens with two attached hydrogens (primary N) is 1. The fourth-order valence-corrected chi connectivity index (χ4v) is 3.52. The van der Waals surface area contributed by atoms with Gasteiger partial charge in [0.1, 0.15) is 11.4 Å². The van der Waals surface area contributed by atoms with Crippen molar-refractivity contribution in [3.8, 4) is 16.9 Å². The third kappa shape index (κ3) is 3.67. The number of rotatable bonds is 6. The Balaban J connectivity index is 1.67. The molecule has 2 aromatic heterocycles. The highest BCUT2D eigenvalue weighted by molar-refractivity contribution is 6.07. The van der Waals surface area contributed by atoms with E-state index in [4.69, 9.17) is 15.5 Å². The Morgan fingerprint density at radius 3 is 2.52 bits per heavy atom. The zero-order chi connectivity index (χ0) is 18.8. The first-order valence-electron chi connectivity index (χ1n) is 9.45. The van der Waals surface area contributed by atoms with Gasteiger partial charge in [0.15, 0.2) is 0 Å². The SMILES string of the molecule is COc1ccc(-c2ccc3[nH]c4nc(CCCC(C)N)ccc4c3c2)cc1. The van der Waals surface area contributed by atoms with E-state index in [1.165, 1.54) is 16.5 Å². The van der Waals surface area contributed by atoms with E-state index in [1.807, 2.05) is 12.1 Å². The number of aryl methyl sites for hydroxylation is 1. The standard InChI is InChI=1S/C23H25N3O/c1-15(24)4-3-5-18-9-12-20-21-14-17(8-13-22(21)26-23(20)25-18)16-6-10-19(27-2)11-7-16/h6-15H,3-5,24H2,1-2H3,(H,25,26). The Bertz CT molecular complexity index is 1060. The van der Waals surface area contributed by atoms with Crippen molar-refractivity contribution in [2.24, 2.45) is 5.73 Å². The molecule has 138 valence electrons. The van der Waals surface area contributed by atoms with E-state index >= 15 is 0 Å². The minimum Gasteiger partial charge on any atom is -0.497 e. The summed E-state index contributed by atoms with van der Waals surface area (Å²) in [5.74, 6) is 0.868. The van der Waals surface area contributed by atoms with Crippen LogP contribution < -0.4 is 10.5 Å². The van der Waals surface area contributed by atoms with Crippen LogP contribution in [0.15, 0.2) is 54.6 Å². The molecule has 0 saturated heterocycles. The zero-order valence-corrected chi connectivity index (χ0v) is 15.8. The normalized spacial score (nSPS) is 12.6. The van der Waals surface area contributed by atoms with Gasteiger partial charge in [-0.1, -0.05) is 18.2 Å². The van der Waals surface area contributed by atoms with Crippen LogP contribution in [0.1, 0.15) is 25.5 Å². The quantitative estimate of drug-likeness (QED) is 0.506. The minimum absolute atomic E-state index is 0.248. The minimum atomic E-state index is 0.248. The number of aromatic nitrogens is 2. The molecular formula is C23H25N3O. The molecule has 4 aromatic rings. The molecule has 0 amide bonds. The number of ether oxygens (including phenoxy) is 1. The predicted molar refractivity (Wildman–Crippen MR) is 112 cm³/mol. The molecule has 4 heteroatoms. The number of hydrogen-bond acceptors (Lipinski definition) is 3. The van der Waals surface area contributed by atoms with Gasteiger partial charge in [-0.15, -0.1) is 0 Å². The first-order chi connectivity index (χ1) is 13.1. The van der Waals surface area contributed by atoms with Crippen LogP contribution in [0.25, 0.3) is 33.1 Å². The lowest BCUT2D eigenvalue weighted by Crippen LogP contribution is -2.14. The van der Waals surface area contributed by atoms with Crippen LogP contribution in [-0.4, -0.2) is 23.1 Å². The van der Waals surface area contributed by atoms with Gasteiger partial charge >= 0.3 is 0 Å². The average molecular weight is 359 g/mol. The molecule has 4 rings (SSSR count). The predicted octanol–water partition coefficient (Wildman–Crippen LogP) is 5.06. The van der Waals surface area contributed by atoms with Crippen LogP contribution in [0.2, 0.25) is 0 Å². The molecule has 1 unspecified atom stereocenters. The maximum atomic E-state index is 5.84. The summed E-state index contributed by atoms with van der Waals surface area (Å²) < 4.78 is 5.25. The summed E-state index contributed by atoms with van der Waals surface area (Å²) in [4.78, 5) is 8.28. The number of methoxy groups -OCH3 is 1. The van der Waals surface area contributed by atoms with Crippen LogP contribution in [0.3, 0.4) is 0 Å². The number of fused-ring (bicyclic) bond motifs is 3. The van der Waals surface area contributed by atoms with E-state index < -0.39 is 0 Å². The smallest absolute Gasteiger partial charge is 0.138 e. The Hall–Kier alpha value is -2.85. The molecule has 2 heterocycles. The number of H-pyrrole nitrogens is 1. The topological polar surface area (TPSA) is 63.9 Å². The molecule has 0 spiro atoms. The molecule has 3 N–H and O–H groups in total. The fourth-order valence-electron chi connectivity index (χ4n) is 3.52. The second kappa shape index (κ2) is 7.41. The van der Waals surface area contributed by atoms with Crippen molar-refractivity contribution in [2.45, 2.75) is 32.2 Å². The summed E-state index contributed by atoms with van der Waals surface area (Å²) in [7, 11) is 1.69. The van der Waals surface area contributed by atoms with E-state index in [0.29, 0.717) is 0 Å². The van der Waals surface area contributed by atoms with E-state index in [9.17, 15) is 0 Å². The first kappa shape index (κ1) is 17.6. The van der Waals surface area contributed by atoms with Crippen molar-refractivity contribution >= 4 is 21.9 Å². The molecule has 0 aliphatic carbocycles. The van der Waals surface area contributed by atoms with Gasteiger partial charge in [-0.3, -0.25) is 0 Å². The molecule has 27 heavy (non-hydrogen) atoms. The van der Waals surface area contributed by atoms with Crippen molar-refractivity contribution < 1.29 is 4.74 Å². The number of pyridine rings is 1. The number of aromatic amines is 1. The lowest BCUT2D eigenvalue weighted by molar-refractivity contribution is 0.415. The molecule has 0 radical (unpaired) electrons. The summed E-state index contributed by atoms with van der Waals surface area (Å²) in [6, 6.07) is 19.2. The number of benzene rings is 2. The summed E-state index contributed by atoms with van der Waals surface area (Å²) in [6.45, 7) is 2.05. The van der Waals surface area contributed by atoms with E-state index in [0.717, 1.165) is 47.3 Å². The van der Waals surface area contributed by atoms with Crippen molar-refractivity contribution in [3.05, 3.63) is 60.3 Å². The van der Waals surface area contributed by atoms with E-state index in [2.05, 4.69) is 54.4 Å². The molecule has 1 atom stereocenters. The zero-order valence-electron chi connectivity index (χ0n) is 15.8. The molecule has 2 aromatic carbocycles. The van der Waals surface area contributed by atoms with Crippen molar-refractivity contribution in [1.82, 2.24) is 9.97 Å². The highest BCUT2D eigenvalue weighted by Gasteiger charge is 2.09. The molecule has 0 saturated carbocycles. The van der Waals surface area contributed by atoms with Gasteiger partial charge < -0.3 is 15.5 Å². The van der Waals surface area contributed by atoms with Gasteiger partial charge in [0.2, 0.25) is 0 Å². The largest absolute Gasteiger partial charge is 0.497 e. The van der Waals surface area contributed by atoms with Gasteiger partial charge in [0, 0.05) is 28.0 Å². The van der Waals surface area contributed by atoms with Crippen LogP contribution in [0.4, 0.5) is 0 Å². The highest BCUT2D eigenvalue weighted by atomic mass is 16.5. The van der Waals surface area contributed by atoms with E-state index in [-0.39, 0.29) is 6.04 Å². The van der Waals surface area contributed by atoms with Crippen LogP contribution in [-0.2, 0) is 6.42 Å². The number of nitrogens with zero attached hydrogens (tertiary/aromatic N) is 1. The number of nitrogens with one attached hydrogen (secondary N) is 1. The Morgan fingerprint density at radius 1 is 1.00 bits per heavy atom. The van der Waals surface area contributed by atoms with Gasteiger partial charge in [-0.2, -0.15) is 0 Å². The Morgan fingerprint density at radius 2 is 1.78 bits per heavy atom. The van der Waals surface area contributed by atoms with Gasteiger partial charge in [0.25, 0.3) is 0 Å². The Labute approximate surface area is 159 Å². The maximum absolute atomic E-state index is 5.84. The monoisotopic (exact) mass is 359 g/mol. The third-order valence-corrected chi connectivity index (χ3v) is 5.03. The van der Waals surface area contributed by atoms with E-state index in [1.54, 1.807) is 7.11 Å². The lowest BCUT2D eigenvalue weighted by atomic mass is 10.0. The molecule has 0 aliphatic heterocycles. The lowest BCUT2D eigenvalue weighted by Gasteiger charge is -2.05. The molecule has 4 nitrogen and oxygen atoms in total. The van der Waals surface area contributed by atoms with Crippen LogP contribution in [0.5, 0.6) is 5.75 Å². The van der Waals surface area contributed by atoms with Crippen molar-refractivity contribution in [3.63, 3.8) is 0 Å². The molecule has 0 aliphatic rings.